The van der Waals surface area contributed by atoms with Crippen molar-refractivity contribution in [3.63, 3.8) is 0 Å². The fraction of sp³-hybridized carbons (Fsp3) is 0.357. The molecule has 108 valence electrons. The van der Waals surface area contributed by atoms with Crippen LogP contribution in [0.25, 0.3) is 5.69 Å². The second kappa shape index (κ2) is 4.54. The van der Waals surface area contributed by atoms with Gasteiger partial charge in [0.2, 0.25) is 0 Å². The predicted molar refractivity (Wildman–Crippen MR) is 74.3 cm³/mol. The zero-order valence-electron chi connectivity index (χ0n) is 11.3. The summed E-state index contributed by atoms with van der Waals surface area (Å²) in [6.45, 7) is 1.57. The number of amides is 1. The number of nitrogens with one attached hydrogen (secondary N) is 1. The number of anilines is 1. The van der Waals surface area contributed by atoms with E-state index in [1.807, 2.05) is 17.0 Å². The van der Waals surface area contributed by atoms with Gasteiger partial charge >= 0.3 is 0 Å². The third-order valence-corrected chi connectivity index (χ3v) is 3.90. The van der Waals surface area contributed by atoms with Crippen LogP contribution in [-0.2, 0) is 6.54 Å². The fourth-order valence-electron chi connectivity index (χ4n) is 2.75. The molecule has 2 aliphatic heterocycles. The van der Waals surface area contributed by atoms with Gasteiger partial charge in [-0.25, -0.2) is 14.1 Å². The molecule has 1 atom stereocenters. The molecule has 6 nitrogen and oxygen atoms in total. The molecule has 0 aliphatic carbocycles. The monoisotopic (exact) mass is 287 g/mol. The van der Waals surface area contributed by atoms with Gasteiger partial charge in [0, 0.05) is 12.7 Å². The summed E-state index contributed by atoms with van der Waals surface area (Å²) in [5, 5.41) is 7.09. The molecule has 0 spiro atoms. The smallest absolute Gasteiger partial charge is 0.255 e. The Hall–Kier alpha value is -2.44. The van der Waals surface area contributed by atoms with Crippen LogP contribution < -0.4 is 10.2 Å². The summed E-state index contributed by atoms with van der Waals surface area (Å²) in [6, 6.07) is 3.74. The maximum absolute atomic E-state index is 13.2. The quantitative estimate of drug-likeness (QED) is 0.897. The number of halogens is 1. The van der Waals surface area contributed by atoms with Crippen molar-refractivity contribution in [2.75, 3.05) is 18.0 Å². The first kappa shape index (κ1) is 12.3. The Labute approximate surface area is 120 Å². The molecule has 7 heteroatoms. The molecule has 21 heavy (non-hydrogen) atoms. The topological polar surface area (TPSA) is 63.1 Å². The van der Waals surface area contributed by atoms with Crippen molar-refractivity contribution in [1.29, 1.82) is 0 Å². The van der Waals surface area contributed by atoms with Crippen molar-refractivity contribution in [3.05, 3.63) is 35.8 Å². The molecule has 2 aliphatic rings. The summed E-state index contributed by atoms with van der Waals surface area (Å²) in [4.78, 5) is 17.9. The molecule has 1 amide bonds. The van der Waals surface area contributed by atoms with Crippen LogP contribution in [0.2, 0.25) is 0 Å². The summed E-state index contributed by atoms with van der Waals surface area (Å²) in [5.41, 5.74) is 2.15. The lowest BCUT2D eigenvalue weighted by molar-refractivity contribution is 0.0965. The minimum absolute atomic E-state index is 0.0908. The van der Waals surface area contributed by atoms with E-state index in [1.165, 1.54) is 0 Å². The SMILES string of the molecule is O=C1NCc2nn(-c3ccc(N4CC[C@@H](F)C4)nc3)cc21. The largest absolute Gasteiger partial charge is 0.354 e. The zero-order valence-corrected chi connectivity index (χ0v) is 11.3. The third-order valence-electron chi connectivity index (χ3n) is 3.90. The van der Waals surface area contributed by atoms with Crippen LogP contribution in [-0.4, -0.2) is 39.9 Å². The highest BCUT2D eigenvalue weighted by Gasteiger charge is 2.24. The van der Waals surface area contributed by atoms with Gasteiger partial charge in [-0.15, -0.1) is 0 Å². The lowest BCUT2D eigenvalue weighted by Crippen LogP contribution is -2.21. The number of alkyl halides is 1. The van der Waals surface area contributed by atoms with Gasteiger partial charge < -0.3 is 10.2 Å². The van der Waals surface area contributed by atoms with Gasteiger partial charge in [0.25, 0.3) is 5.91 Å². The molecular formula is C14H14FN5O. The Bertz CT molecular complexity index is 696. The molecule has 2 aromatic heterocycles. The van der Waals surface area contributed by atoms with E-state index in [0.717, 1.165) is 17.2 Å². The molecule has 0 bridgehead atoms. The highest BCUT2D eigenvalue weighted by atomic mass is 19.1. The van der Waals surface area contributed by atoms with Crippen LogP contribution in [0.4, 0.5) is 10.2 Å². The summed E-state index contributed by atoms with van der Waals surface area (Å²) >= 11 is 0. The highest BCUT2D eigenvalue weighted by molar-refractivity contribution is 5.97. The first-order chi connectivity index (χ1) is 10.2. The highest BCUT2D eigenvalue weighted by Crippen LogP contribution is 2.21. The molecule has 0 saturated carbocycles. The van der Waals surface area contributed by atoms with Gasteiger partial charge in [0.1, 0.15) is 12.0 Å². The van der Waals surface area contributed by atoms with Crippen LogP contribution in [0.1, 0.15) is 22.5 Å². The van der Waals surface area contributed by atoms with Crippen molar-refractivity contribution in [2.45, 2.75) is 19.1 Å². The Morgan fingerprint density at radius 3 is 2.95 bits per heavy atom. The fourth-order valence-corrected chi connectivity index (χ4v) is 2.75. The third kappa shape index (κ3) is 2.05. The molecular weight excluding hydrogens is 273 g/mol. The summed E-state index contributed by atoms with van der Waals surface area (Å²) in [6.07, 6.45) is 3.20. The summed E-state index contributed by atoms with van der Waals surface area (Å²) < 4.78 is 14.9. The zero-order chi connectivity index (χ0) is 14.4. The minimum Gasteiger partial charge on any atom is -0.354 e. The number of carbonyl (C=O) groups is 1. The molecule has 0 radical (unpaired) electrons. The lowest BCUT2D eigenvalue weighted by atomic mass is 10.3. The van der Waals surface area contributed by atoms with E-state index in [0.29, 0.717) is 31.6 Å². The first-order valence-electron chi connectivity index (χ1n) is 6.93. The molecule has 4 heterocycles. The van der Waals surface area contributed by atoms with Crippen LogP contribution in [0.3, 0.4) is 0 Å². The van der Waals surface area contributed by atoms with Gasteiger partial charge in [0.05, 0.1) is 36.2 Å². The molecule has 2 aromatic rings. The van der Waals surface area contributed by atoms with Crippen molar-refractivity contribution in [1.82, 2.24) is 20.1 Å². The Morgan fingerprint density at radius 1 is 1.38 bits per heavy atom. The van der Waals surface area contributed by atoms with Crippen LogP contribution >= 0.6 is 0 Å². The number of aromatic nitrogens is 3. The molecule has 1 fully saturated rings. The van der Waals surface area contributed by atoms with E-state index >= 15 is 0 Å². The summed E-state index contributed by atoms with van der Waals surface area (Å²) in [5.74, 6) is 0.684. The van der Waals surface area contributed by atoms with Crippen LogP contribution in [0.15, 0.2) is 24.5 Å². The van der Waals surface area contributed by atoms with Crippen LogP contribution in [0.5, 0.6) is 0 Å². The Balaban J connectivity index is 1.59. The lowest BCUT2D eigenvalue weighted by Gasteiger charge is -2.16. The van der Waals surface area contributed by atoms with Gasteiger partial charge in [-0.05, 0) is 18.6 Å². The van der Waals surface area contributed by atoms with Crippen molar-refractivity contribution >= 4 is 11.7 Å². The molecule has 0 aromatic carbocycles. The average Bonchev–Trinajstić information content (AvgIpc) is 3.17. The van der Waals surface area contributed by atoms with E-state index in [4.69, 9.17) is 0 Å². The van der Waals surface area contributed by atoms with E-state index < -0.39 is 6.17 Å². The molecule has 1 N–H and O–H groups in total. The molecule has 4 rings (SSSR count). The minimum atomic E-state index is -0.765. The number of fused-ring (bicyclic) bond motifs is 1. The Kier molecular flexibility index (Phi) is 2.66. The summed E-state index contributed by atoms with van der Waals surface area (Å²) in [7, 11) is 0. The van der Waals surface area contributed by atoms with Gasteiger partial charge in [-0.1, -0.05) is 0 Å². The van der Waals surface area contributed by atoms with Gasteiger partial charge in [-0.3, -0.25) is 4.79 Å². The van der Waals surface area contributed by atoms with E-state index in [-0.39, 0.29) is 5.91 Å². The average molecular weight is 287 g/mol. The van der Waals surface area contributed by atoms with Gasteiger partial charge in [0.15, 0.2) is 0 Å². The van der Waals surface area contributed by atoms with E-state index in [9.17, 15) is 9.18 Å². The first-order valence-corrected chi connectivity index (χ1v) is 6.93. The van der Waals surface area contributed by atoms with Crippen molar-refractivity contribution < 1.29 is 9.18 Å². The second-order valence-corrected chi connectivity index (χ2v) is 5.32. The second-order valence-electron chi connectivity index (χ2n) is 5.32. The standard InChI is InChI=1S/C14H14FN5O/c15-9-3-4-19(7-9)13-2-1-10(5-16-13)20-8-11-12(18-20)6-17-14(11)21/h1-2,5,8-9H,3-4,6-7H2,(H,17,21)/t9-/m1/s1. The Morgan fingerprint density at radius 2 is 2.29 bits per heavy atom. The number of hydrogen-bond donors (Lipinski definition) is 1. The number of rotatable bonds is 2. The normalized spacial score (nSPS) is 20.7. The number of pyridine rings is 1. The maximum atomic E-state index is 13.2. The van der Waals surface area contributed by atoms with E-state index in [1.54, 1.807) is 17.1 Å². The number of hydrogen-bond acceptors (Lipinski definition) is 4. The molecule has 1 saturated heterocycles. The van der Waals surface area contributed by atoms with Crippen molar-refractivity contribution in [2.24, 2.45) is 0 Å². The number of nitrogens with zero attached hydrogens (tertiary/aromatic N) is 4. The maximum Gasteiger partial charge on any atom is 0.255 e. The van der Waals surface area contributed by atoms with Gasteiger partial charge in [-0.2, -0.15) is 5.10 Å². The number of carbonyl (C=O) groups excluding carboxylic acids is 1. The van der Waals surface area contributed by atoms with E-state index in [2.05, 4.69) is 15.4 Å². The van der Waals surface area contributed by atoms with Crippen LogP contribution in [0, 0.1) is 0 Å². The van der Waals surface area contributed by atoms with Crippen molar-refractivity contribution in [3.8, 4) is 5.69 Å². The predicted octanol–water partition coefficient (Wildman–Crippen LogP) is 1.06. The molecule has 0 unspecified atom stereocenters.